The maximum Gasteiger partial charge on any atom is 0.222 e. The van der Waals surface area contributed by atoms with Crippen LogP contribution in [0.4, 0.5) is 0 Å². The maximum absolute atomic E-state index is 10.7. The van der Waals surface area contributed by atoms with Crippen LogP contribution in [0.2, 0.25) is 0 Å². The van der Waals surface area contributed by atoms with E-state index in [1.165, 1.54) is 0 Å². The van der Waals surface area contributed by atoms with Gasteiger partial charge in [0.2, 0.25) is 5.91 Å². The standard InChI is InChI=1S/C6H15N2O2P/c1-8(2)10-5-3-4-6(9)7-11/h3-5,11H2,1-2H3,(H,7,9). The fourth-order valence-corrected chi connectivity index (χ4v) is 0.696. The molecule has 0 aliphatic carbocycles. The van der Waals surface area contributed by atoms with Crippen LogP contribution in [0.3, 0.4) is 0 Å². The second-order valence-corrected chi connectivity index (χ2v) is 2.61. The van der Waals surface area contributed by atoms with Gasteiger partial charge in [0.1, 0.15) is 0 Å². The van der Waals surface area contributed by atoms with Gasteiger partial charge in [-0.2, -0.15) is 5.06 Å². The third-order valence-electron chi connectivity index (χ3n) is 1.06. The molecule has 0 aliphatic rings. The molecule has 0 radical (unpaired) electrons. The molecular weight excluding hydrogens is 163 g/mol. The van der Waals surface area contributed by atoms with Crippen molar-refractivity contribution in [1.82, 2.24) is 10.2 Å². The highest BCUT2D eigenvalue weighted by molar-refractivity contribution is 7.15. The largest absolute Gasteiger partial charge is 0.341 e. The van der Waals surface area contributed by atoms with E-state index in [9.17, 15) is 4.79 Å². The molecule has 0 spiro atoms. The van der Waals surface area contributed by atoms with Crippen molar-refractivity contribution >= 4 is 15.3 Å². The number of carbonyl (C=O) groups is 1. The molecule has 11 heavy (non-hydrogen) atoms. The predicted molar refractivity (Wildman–Crippen MR) is 46.7 cm³/mol. The minimum absolute atomic E-state index is 0.0253. The van der Waals surface area contributed by atoms with Crippen LogP contribution in [-0.2, 0) is 9.63 Å². The Kier molecular flexibility index (Phi) is 6.42. The third-order valence-corrected chi connectivity index (χ3v) is 1.38. The molecule has 0 fully saturated rings. The van der Waals surface area contributed by atoms with Gasteiger partial charge in [-0.25, -0.2) is 0 Å². The summed E-state index contributed by atoms with van der Waals surface area (Å²) in [5, 5.41) is 4.09. The van der Waals surface area contributed by atoms with Crippen molar-refractivity contribution in [2.24, 2.45) is 0 Å². The first-order valence-electron chi connectivity index (χ1n) is 3.46. The van der Waals surface area contributed by atoms with E-state index in [4.69, 9.17) is 4.84 Å². The van der Waals surface area contributed by atoms with Crippen LogP contribution in [0.1, 0.15) is 12.8 Å². The van der Waals surface area contributed by atoms with Crippen molar-refractivity contribution in [3.05, 3.63) is 0 Å². The summed E-state index contributed by atoms with van der Waals surface area (Å²) in [7, 11) is 5.80. The van der Waals surface area contributed by atoms with E-state index in [0.717, 1.165) is 6.42 Å². The number of nitrogens with zero attached hydrogens (tertiary/aromatic N) is 1. The highest BCUT2D eigenvalue weighted by Gasteiger charge is 1.97. The lowest BCUT2D eigenvalue weighted by molar-refractivity contribution is -0.127. The van der Waals surface area contributed by atoms with Crippen LogP contribution in [0.15, 0.2) is 0 Å². The molecule has 0 aromatic carbocycles. The molecule has 1 atom stereocenters. The number of rotatable bonds is 5. The summed E-state index contributed by atoms with van der Waals surface area (Å²) in [5.74, 6) is 0.0253. The van der Waals surface area contributed by atoms with Crippen LogP contribution >= 0.6 is 9.39 Å². The van der Waals surface area contributed by atoms with Crippen LogP contribution in [0, 0.1) is 0 Å². The Bertz CT molecular complexity index is 119. The Morgan fingerprint density at radius 1 is 1.64 bits per heavy atom. The van der Waals surface area contributed by atoms with Crippen molar-refractivity contribution < 1.29 is 9.63 Å². The van der Waals surface area contributed by atoms with Crippen LogP contribution in [-0.4, -0.2) is 31.7 Å². The smallest absolute Gasteiger partial charge is 0.222 e. The summed E-state index contributed by atoms with van der Waals surface area (Å²) in [6, 6.07) is 0. The lowest BCUT2D eigenvalue weighted by Crippen LogP contribution is -2.16. The van der Waals surface area contributed by atoms with Crippen molar-refractivity contribution in [3.8, 4) is 0 Å². The molecule has 0 rings (SSSR count). The van der Waals surface area contributed by atoms with Gasteiger partial charge in [0.25, 0.3) is 0 Å². The molecule has 0 aromatic heterocycles. The van der Waals surface area contributed by atoms with E-state index in [1.54, 1.807) is 5.06 Å². The average molecular weight is 178 g/mol. The van der Waals surface area contributed by atoms with Gasteiger partial charge in [-0.15, -0.1) is 0 Å². The molecule has 1 unspecified atom stereocenters. The zero-order valence-corrected chi connectivity index (χ0v) is 8.12. The van der Waals surface area contributed by atoms with Gasteiger partial charge in [-0.1, -0.05) is 0 Å². The lowest BCUT2D eigenvalue weighted by atomic mass is 10.3. The zero-order chi connectivity index (χ0) is 8.69. The number of carbonyl (C=O) groups excluding carboxylic acids is 1. The van der Waals surface area contributed by atoms with E-state index >= 15 is 0 Å². The highest BCUT2D eigenvalue weighted by atomic mass is 31.0. The molecule has 1 amide bonds. The van der Waals surface area contributed by atoms with Crippen molar-refractivity contribution in [2.45, 2.75) is 12.8 Å². The number of amides is 1. The Morgan fingerprint density at radius 3 is 2.73 bits per heavy atom. The fraction of sp³-hybridized carbons (Fsp3) is 0.833. The Balaban J connectivity index is 3.08. The highest BCUT2D eigenvalue weighted by Crippen LogP contribution is 1.91. The van der Waals surface area contributed by atoms with E-state index in [-0.39, 0.29) is 5.91 Å². The number of nitrogens with one attached hydrogen (secondary N) is 1. The van der Waals surface area contributed by atoms with Crippen LogP contribution in [0.5, 0.6) is 0 Å². The third kappa shape index (κ3) is 7.72. The van der Waals surface area contributed by atoms with Crippen molar-refractivity contribution in [3.63, 3.8) is 0 Å². The zero-order valence-electron chi connectivity index (χ0n) is 6.96. The molecule has 1 N–H and O–H groups in total. The minimum Gasteiger partial charge on any atom is -0.341 e. The first kappa shape index (κ1) is 10.8. The number of hydrogen-bond donors (Lipinski definition) is 1. The van der Waals surface area contributed by atoms with Gasteiger partial charge < -0.3 is 5.09 Å². The molecule has 0 saturated heterocycles. The van der Waals surface area contributed by atoms with Gasteiger partial charge in [0, 0.05) is 20.5 Å². The van der Waals surface area contributed by atoms with E-state index in [2.05, 4.69) is 14.5 Å². The molecule has 0 aliphatic heterocycles. The number of hydrogen-bond acceptors (Lipinski definition) is 3. The summed E-state index contributed by atoms with van der Waals surface area (Å²) in [5.41, 5.74) is 0. The van der Waals surface area contributed by atoms with Crippen molar-refractivity contribution in [2.75, 3.05) is 20.7 Å². The van der Waals surface area contributed by atoms with Crippen molar-refractivity contribution in [1.29, 1.82) is 0 Å². The van der Waals surface area contributed by atoms with Gasteiger partial charge >= 0.3 is 0 Å². The summed E-state index contributed by atoms with van der Waals surface area (Å²) < 4.78 is 0. The molecular formula is C6H15N2O2P. The molecule has 0 saturated carbocycles. The molecule has 0 bridgehead atoms. The second-order valence-electron chi connectivity index (χ2n) is 2.32. The van der Waals surface area contributed by atoms with Gasteiger partial charge in [-0.3, -0.25) is 9.63 Å². The second kappa shape index (κ2) is 6.53. The molecule has 66 valence electrons. The topological polar surface area (TPSA) is 41.6 Å². The van der Waals surface area contributed by atoms with Gasteiger partial charge in [-0.05, 0) is 15.8 Å². The predicted octanol–water partition coefficient (Wildman–Crippen LogP) is 0.166. The summed E-state index contributed by atoms with van der Waals surface area (Å²) in [6.07, 6.45) is 1.26. The van der Waals surface area contributed by atoms with E-state index < -0.39 is 0 Å². The molecule has 0 aromatic rings. The monoisotopic (exact) mass is 178 g/mol. The SMILES string of the molecule is CN(C)OCCCC(=O)NP. The van der Waals surface area contributed by atoms with Crippen LogP contribution < -0.4 is 5.09 Å². The lowest BCUT2D eigenvalue weighted by Gasteiger charge is -2.09. The molecule has 0 heterocycles. The minimum atomic E-state index is 0.0253. The Hall–Kier alpha value is -0.180. The average Bonchev–Trinajstić information content (AvgIpc) is 1.97. The fourth-order valence-electron chi connectivity index (χ4n) is 0.552. The van der Waals surface area contributed by atoms with Gasteiger partial charge in [0.15, 0.2) is 0 Å². The molecule has 4 nitrogen and oxygen atoms in total. The van der Waals surface area contributed by atoms with E-state index in [0.29, 0.717) is 13.0 Å². The maximum atomic E-state index is 10.7. The first-order chi connectivity index (χ1) is 5.16. The normalized spacial score (nSPS) is 10.2. The Morgan fingerprint density at radius 2 is 2.27 bits per heavy atom. The molecule has 5 heteroatoms. The number of hydroxylamine groups is 2. The van der Waals surface area contributed by atoms with E-state index in [1.807, 2.05) is 14.1 Å². The van der Waals surface area contributed by atoms with Gasteiger partial charge in [0.05, 0.1) is 6.61 Å². The van der Waals surface area contributed by atoms with Crippen LogP contribution in [0.25, 0.3) is 0 Å². The first-order valence-corrected chi connectivity index (χ1v) is 4.04. The summed E-state index contributed by atoms with van der Waals surface area (Å²) in [6.45, 7) is 0.588. The quantitative estimate of drug-likeness (QED) is 0.370. The summed E-state index contributed by atoms with van der Waals surface area (Å²) in [4.78, 5) is 15.7. The summed E-state index contributed by atoms with van der Waals surface area (Å²) >= 11 is 0. The Labute approximate surface area is 69.5 Å².